The highest BCUT2D eigenvalue weighted by Gasteiger charge is 2.35. The Hall–Kier alpha value is -3.81. The average Bonchev–Trinajstić information content (AvgIpc) is 3.35. The zero-order chi connectivity index (χ0) is 25.1. The van der Waals surface area contributed by atoms with Crippen molar-refractivity contribution in [1.82, 2.24) is 5.06 Å². The fourth-order valence-corrected chi connectivity index (χ4v) is 4.48. The van der Waals surface area contributed by atoms with E-state index in [0.29, 0.717) is 29.0 Å². The molecule has 182 valence electrons. The Balaban J connectivity index is 1.62. The molecule has 2 aliphatic rings. The fourth-order valence-electron chi connectivity index (χ4n) is 4.48. The van der Waals surface area contributed by atoms with E-state index in [0.717, 1.165) is 35.1 Å². The van der Waals surface area contributed by atoms with Crippen LogP contribution < -0.4 is 0 Å². The van der Waals surface area contributed by atoms with Gasteiger partial charge in [-0.25, -0.2) is 4.79 Å². The summed E-state index contributed by atoms with van der Waals surface area (Å²) >= 11 is 0. The quantitative estimate of drug-likeness (QED) is 0.285. The molecule has 1 fully saturated rings. The van der Waals surface area contributed by atoms with Crippen molar-refractivity contribution >= 4 is 29.5 Å². The third-order valence-electron chi connectivity index (χ3n) is 6.41. The first-order valence-electron chi connectivity index (χ1n) is 11.9. The van der Waals surface area contributed by atoms with Crippen molar-refractivity contribution in [2.45, 2.75) is 58.3 Å². The maximum Gasteiger partial charge on any atom is 0.533 e. The van der Waals surface area contributed by atoms with Crippen molar-refractivity contribution in [3.05, 3.63) is 58.7 Å². The van der Waals surface area contributed by atoms with E-state index < -0.39 is 23.9 Å². The lowest BCUT2D eigenvalue weighted by Crippen LogP contribution is -2.32. The van der Waals surface area contributed by atoms with E-state index in [1.165, 1.54) is 0 Å². The van der Waals surface area contributed by atoms with Crippen LogP contribution in [0.4, 0.5) is 4.79 Å². The molecule has 35 heavy (non-hydrogen) atoms. The SMILES string of the molecule is CCCCC(=O)c1ccc2c(c1)C(COC(=O)ON1C(=O)CCC1=O)c1cc(C(=O)CC)ccc1-2. The Bertz CT molecular complexity index is 1200. The van der Waals surface area contributed by atoms with E-state index in [2.05, 4.69) is 0 Å². The van der Waals surface area contributed by atoms with Gasteiger partial charge >= 0.3 is 6.16 Å². The van der Waals surface area contributed by atoms with Gasteiger partial charge in [-0.2, -0.15) is 0 Å². The number of ketones is 2. The number of amides is 2. The second-order valence-corrected chi connectivity index (χ2v) is 8.69. The summed E-state index contributed by atoms with van der Waals surface area (Å²) in [4.78, 5) is 65.6. The van der Waals surface area contributed by atoms with Crippen LogP contribution in [0, 0.1) is 0 Å². The number of nitrogens with zero attached hydrogens (tertiary/aromatic N) is 1. The van der Waals surface area contributed by atoms with E-state index in [-0.39, 0.29) is 31.0 Å². The lowest BCUT2D eigenvalue weighted by atomic mass is 9.93. The van der Waals surface area contributed by atoms with Gasteiger partial charge in [-0.15, -0.1) is 0 Å². The number of carbonyl (C=O) groups is 5. The van der Waals surface area contributed by atoms with E-state index in [4.69, 9.17) is 9.57 Å². The second-order valence-electron chi connectivity index (χ2n) is 8.69. The van der Waals surface area contributed by atoms with Gasteiger partial charge in [-0.1, -0.05) is 49.6 Å². The highest BCUT2D eigenvalue weighted by molar-refractivity contribution is 6.01. The number of fused-ring (bicyclic) bond motifs is 3. The number of hydrogen-bond donors (Lipinski definition) is 0. The van der Waals surface area contributed by atoms with Crippen LogP contribution in [0.3, 0.4) is 0 Å². The van der Waals surface area contributed by atoms with Crippen LogP contribution in [0.2, 0.25) is 0 Å². The zero-order valence-corrected chi connectivity index (χ0v) is 19.8. The molecule has 0 saturated carbocycles. The summed E-state index contributed by atoms with van der Waals surface area (Å²) in [5.41, 5.74) is 4.54. The van der Waals surface area contributed by atoms with Crippen LogP contribution in [-0.2, 0) is 19.2 Å². The number of hydroxylamine groups is 2. The van der Waals surface area contributed by atoms with Crippen molar-refractivity contribution in [2.24, 2.45) is 0 Å². The molecule has 0 N–H and O–H groups in total. The summed E-state index contributed by atoms with van der Waals surface area (Å²) in [6, 6.07) is 10.9. The van der Waals surface area contributed by atoms with E-state index in [1.807, 2.05) is 25.1 Å². The first-order chi connectivity index (χ1) is 16.8. The highest BCUT2D eigenvalue weighted by atomic mass is 16.8. The van der Waals surface area contributed by atoms with Crippen molar-refractivity contribution in [3.63, 3.8) is 0 Å². The van der Waals surface area contributed by atoms with Gasteiger partial charge in [0.1, 0.15) is 6.61 Å². The lowest BCUT2D eigenvalue weighted by Gasteiger charge is -2.17. The maximum absolute atomic E-state index is 12.7. The number of hydrogen-bond acceptors (Lipinski definition) is 7. The monoisotopic (exact) mass is 477 g/mol. The van der Waals surface area contributed by atoms with Gasteiger partial charge in [0.05, 0.1) is 0 Å². The molecule has 2 aromatic rings. The maximum atomic E-state index is 12.7. The molecule has 2 aromatic carbocycles. The van der Waals surface area contributed by atoms with Crippen molar-refractivity contribution < 1.29 is 33.5 Å². The molecule has 1 atom stereocenters. The van der Waals surface area contributed by atoms with Crippen LogP contribution in [0.25, 0.3) is 11.1 Å². The Morgan fingerprint density at radius 1 is 0.886 bits per heavy atom. The molecule has 4 rings (SSSR count). The predicted molar refractivity (Wildman–Crippen MR) is 126 cm³/mol. The van der Waals surface area contributed by atoms with Gasteiger partial charge in [-0.05, 0) is 40.8 Å². The Morgan fingerprint density at radius 3 is 2.00 bits per heavy atom. The average molecular weight is 478 g/mol. The molecule has 1 saturated heterocycles. The lowest BCUT2D eigenvalue weighted by molar-refractivity contribution is -0.177. The molecule has 0 spiro atoms. The number of unbranched alkanes of at least 4 members (excludes halogenated alkanes) is 1. The smallest absolute Gasteiger partial charge is 0.432 e. The molecule has 1 aliphatic heterocycles. The molecule has 1 heterocycles. The fraction of sp³-hybridized carbons (Fsp3) is 0.370. The summed E-state index contributed by atoms with van der Waals surface area (Å²) in [5.74, 6) is -1.61. The molecule has 8 heteroatoms. The number of imide groups is 1. The van der Waals surface area contributed by atoms with Crippen LogP contribution in [0.15, 0.2) is 36.4 Å². The van der Waals surface area contributed by atoms with Gasteiger partial charge in [-0.3, -0.25) is 24.0 Å². The minimum atomic E-state index is -1.17. The summed E-state index contributed by atoms with van der Waals surface area (Å²) in [5, 5.41) is 0.432. The molecule has 0 radical (unpaired) electrons. The molecule has 1 aliphatic carbocycles. The Kier molecular flexibility index (Phi) is 7.10. The number of carbonyl (C=O) groups excluding carboxylic acids is 5. The van der Waals surface area contributed by atoms with Crippen LogP contribution in [0.1, 0.15) is 90.1 Å². The first-order valence-corrected chi connectivity index (χ1v) is 11.9. The summed E-state index contributed by atoms with van der Waals surface area (Å²) < 4.78 is 5.31. The third-order valence-corrected chi connectivity index (χ3v) is 6.41. The molecular weight excluding hydrogens is 450 g/mol. The molecule has 0 aromatic heterocycles. The minimum Gasteiger partial charge on any atom is -0.432 e. The van der Waals surface area contributed by atoms with Crippen LogP contribution in [-0.4, -0.2) is 41.2 Å². The Morgan fingerprint density at radius 2 is 1.46 bits per heavy atom. The third kappa shape index (κ3) is 4.87. The molecule has 2 amide bonds. The van der Waals surface area contributed by atoms with Gasteiger partial charge in [0.15, 0.2) is 11.6 Å². The van der Waals surface area contributed by atoms with Gasteiger partial charge in [0.2, 0.25) is 0 Å². The largest absolute Gasteiger partial charge is 0.533 e. The molecule has 1 unspecified atom stereocenters. The minimum absolute atomic E-state index is 0.00988. The second kappa shape index (κ2) is 10.2. The molecule has 0 bridgehead atoms. The number of rotatable bonds is 9. The van der Waals surface area contributed by atoms with Crippen molar-refractivity contribution in [2.75, 3.05) is 6.61 Å². The van der Waals surface area contributed by atoms with E-state index >= 15 is 0 Å². The number of benzene rings is 2. The van der Waals surface area contributed by atoms with E-state index in [9.17, 15) is 24.0 Å². The number of Topliss-reactive ketones (excluding diaryl/α,β-unsaturated/α-hetero) is 2. The van der Waals surface area contributed by atoms with Gasteiger partial charge < -0.3 is 4.74 Å². The van der Waals surface area contributed by atoms with Crippen molar-refractivity contribution in [3.8, 4) is 11.1 Å². The summed E-state index contributed by atoms with van der Waals surface area (Å²) in [7, 11) is 0. The standard InChI is InChI=1S/C27H27NO7/c1-3-5-6-24(30)17-8-10-19-18-9-7-16(23(29)4-2)13-20(18)22(21(19)14-17)15-34-27(33)35-28-25(31)11-12-26(28)32/h7-10,13-14,22H,3-6,11-12,15H2,1-2H3. The molecular formula is C27H27NO7. The van der Waals surface area contributed by atoms with E-state index in [1.54, 1.807) is 25.1 Å². The molecule has 8 nitrogen and oxygen atoms in total. The topological polar surface area (TPSA) is 107 Å². The highest BCUT2D eigenvalue weighted by Crippen LogP contribution is 2.46. The van der Waals surface area contributed by atoms with Crippen LogP contribution >= 0.6 is 0 Å². The zero-order valence-electron chi connectivity index (χ0n) is 19.8. The van der Waals surface area contributed by atoms with Crippen molar-refractivity contribution in [1.29, 1.82) is 0 Å². The normalized spacial score (nSPS) is 16.2. The van der Waals surface area contributed by atoms with Gasteiger partial charge in [0.25, 0.3) is 11.8 Å². The first kappa shape index (κ1) is 24.3. The van der Waals surface area contributed by atoms with Crippen LogP contribution in [0.5, 0.6) is 0 Å². The summed E-state index contributed by atoms with van der Waals surface area (Å²) in [6.07, 6.45) is 1.31. The predicted octanol–water partition coefficient (Wildman–Crippen LogP) is 4.98. The Labute approximate surface area is 203 Å². The number of ether oxygens (including phenoxy) is 1. The summed E-state index contributed by atoms with van der Waals surface area (Å²) in [6.45, 7) is 3.67. The van der Waals surface area contributed by atoms with Gasteiger partial charge in [0, 0.05) is 42.7 Å².